The molecule has 0 saturated heterocycles. The van der Waals surface area contributed by atoms with Crippen LogP contribution in [0.5, 0.6) is 0 Å². The Balaban J connectivity index is 3.05. The smallest absolute Gasteiger partial charge is 0.307 e. The lowest BCUT2D eigenvalue weighted by Crippen LogP contribution is -2.03. The Hall–Kier alpha value is -1.64. The first kappa shape index (κ1) is 9.45. The Morgan fingerprint density at radius 1 is 1.54 bits per heavy atom. The standard InChI is InChI=1S/C10H10O3/c1-7-2-3-8(5-10(12)13)9(4-7)6-11/h2-4,6H,5H2,1H3,(H,12,13). The van der Waals surface area contributed by atoms with Crippen molar-refractivity contribution in [3.63, 3.8) is 0 Å². The zero-order valence-electron chi connectivity index (χ0n) is 7.28. The summed E-state index contributed by atoms with van der Waals surface area (Å²) >= 11 is 0. The fourth-order valence-corrected chi connectivity index (χ4v) is 1.15. The van der Waals surface area contributed by atoms with Crippen molar-refractivity contribution in [2.45, 2.75) is 13.3 Å². The maximum atomic E-state index is 10.6. The van der Waals surface area contributed by atoms with Gasteiger partial charge in [0, 0.05) is 5.56 Å². The Labute approximate surface area is 76.0 Å². The molecule has 3 nitrogen and oxygen atoms in total. The van der Waals surface area contributed by atoms with Crippen molar-refractivity contribution >= 4 is 12.3 Å². The molecule has 0 unspecified atom stereocenters. The van der Waals surface area contributed by atoms with E-state index in [9.17, 15) is 9.59 Å². The van der Waals surface area contributed by atoms with Crippen molar-refractivity contribution in [2.75, 3.05) is 0 Å². The number of benzene rings is 1. The van der Waals surface area contributed by atoms with Gasteiger partial charge in [-0.1, -0.05) is 17.7 Å². The highest BCUT2D eigenvalue weighted by atomic mass is 16.4. The summed E-state index contributed by atoms with van der Waals surface area (Å²) in [5, 5.41) is 8.54. The molecule has 0 aliphatic heterocycles. The van der Waals surface area contributed by atoms with Crippen molar-refractivity contribution in [1.29, 1.82) is 0 Å². The lowest BCUT2D eigenvalue weighted by atomic mass is 10.0. The third-order valence-electron chi connectivity index (χ3n) is 1.77. The van der Waals surface area contributed by atoms with Crippen LogP contribution in [0, 0.1) is 6.92 Å². The molecule has 1 N–H and O–H groups in total. The second-order valence-electron chi connectivity index (χ2n) is 2.89. The predicted octanol–water partition coefficient (Wildman–Crippen LogP) is 1.43. The average molecular weight is 178 g/mol. The van der Waals surface area contributed by atoms with Gasteiger partial charge in [-0.2, -0.15) is 0 Å². The molecule has 0 bridgehead atoms. The van der Waals surface area contributed by atoms with Crippen LogP contribution in [0.15, 0.2) is 18.2 Å². The van der Waals surface area contributed by atoms with Gasteiger partial charge < -0.3 is 5.11 Å². The van der Waals surface area contributed by atoms with Crippen LogP contribution in [0.1, 0.15) is 21.5 Å². The maximum absolute atomic E-state index is 10.6. The van der Waals surface area contributed by atoms with E-state index in [1.54, 1.807) is 18.2 Å². The number of carbonyl (C=O) groups excluding carboxylic acids is 1. The van der Waals surface area contributed by atoms with Crippen LogP contribution >= 0.6 is 0 Å². The van der Waals surface area contributed by atoms with Gasteiger partial charge in [0.25, 0.3) is 0 Å². The zero-order valence-corrected chi connectivity index (χ0v) is 7.28. The first-order valence-electron chi connectivity index (χ1n) is 3.90. The summed E-state index contributed by atoms with van der Waals surface area (Å²) in [7, 11) is 0. The number of aliphatic carboxylic acids is 1. The Kier molecular flexibility index (Phi) is 2.80. The number of aryl methyl sites for hydroxylation is 1. The highest BCUT2D eigenvalue weighted by molar-refractivity contribution is 5.81. The normalized spacial score (nSPS) is 9.62. The monoisotopic (exact) mass is 178 g/mol. The minimum absolute atomic E-state index is 0.103. The van der Waals surface area contributed by atoms with E-state index in [0.717, 1.165) is 5.56 Å². The minimum atomic E-state index is -0.924. The molecule has 0 aliphatic carbocycles. The van der Waals surface area contributed by atoms with E-state index in [0.29, 0.717) is 17.4 Å². The SMILES string of the molecule is Cc1ccc(CC(=O)O)c(C=O)c1. The first-order valence-corrected chi connectivity index (χ1v) is 3.90. The molecule has 0 heterocycles. The van der Waals surface area contributed by atoms with Crippen molar-refractivity contribution in [3.05, 3.63) is 34.9 Å². The number of hydrogen-bond donors (Lipinski definition) is 1. The number of carboxylic acids is 1. The van der Waals surface area contributed by atoms with Crippen LogP contribution in [0.4, 0.5) is 0 Å². The topological polar surface area (TPSA) is 54.4 Å². The van der Waals surface area contributed by atoms with Crippen LogP contribution in [-0.4, -0.2) is 17.4 Å². The largest absolute Gasteiger partial charge is 0.481 e. The van der Waals surface area contributed by atoms with Gasteiger partial charge in [0.15, 0.2) is 0 Å². The van der Waals surface area contributed by atoms with Gasteiger partial charge in [0.05, 0.1) is 6.42 Å². The third-order valence-corrected chi connectivity index (χ3v) is 1.77. The van der Waals surface area contributed by atoms with E-state index in [2.05, 4.69) is 0 Å². The second kappa shape index (κ2) is 3.85. The fourth-order valence-electron chi connectivity index (χ4n) is 1.15. The van der Waals surface area contributed by atoms with Crippen LogP contribution in [0.25, 0.3) is 0 Å². The molecule has 0 amide bonds. The fraction of sp³-hybridized carbons (Fsp3) is 0.200. The molecule has 0 aliphatic rings. The highest BCUT2D eigenvalue weighted by Gasteiger charge is 2.05. The molecule has 13 heavy (non-hydrogen) atoms. The van der Waals surface area contributed by atoms with Crippen LogP contribution < -0.4 is 0 Å². The van der Waals surface area contributed by atoms with E-state index < -0.39 is 5.97 Å². The summed E-state index contributed by atoms with van der Waals surface area (Å²) in [5.41, 5.74) is 1.98. The van der Waals surface area contributed by atoms with Crippen molar-refractivity contribution in [2.24, 2.45) is 0 Å². The van der Waals surface area contributed by atoms with Gasteiger partial charge in [-0.3, -0.25) is 9.59 Å². The lowest BCUT2D eigenvalue weighted by Gasteiger charge is -2.02. The van der Waals surface area contributed by atoms with E-state index >= 15 is 0 Å². The molecule has 0 aromatic heterocycles. The van der Waals surface area contributed by atoms with Crippen molar-refractivity contribution < 1.29 is 14.7 Å². The second-order valence-corrected chi connectivity index (χ2v) is 2.89. The summed E-state index contributed by atoms with van der Waals surface area (Å²) in [6, 6.07) is 5.16. The summed E-state index contributed by atoms with van der Waals surface area (Å²) in [6.45, 7) is 1.86. The van der Waals surface area contributed by atoms with E-state index in [4.69, 9.17) is 5.11 Å². The molecule has 0 saturated carbocycles. The molecular formula is C10H10O3. The van der Waals surface area contributed by atoms with Gasteiger partial charge in [-0.05, 0) is 18.6 Å². The number of hydrogen-bond acceptors (Lipinski definition) is 2. The van der Waals surface area contributed by atoms with Gasteiger partial charge in [-0.25, -0.2) is 0 Å². The zero-order chi connectivity index (χ0) is 9.84. The van der Waals surface area contributed by atoms with Crippen LogP contribution in [0.2, 0.25) is 0 Å². The molecule has 3 heteroatoms. The Morgan fingerprint density at radius 2 is 2.23 bits per heavy atom. The first-order chi connectivity index (χ1) is 6.13. The van der Waals surface area contributed by atoms with E-state index in [1.807, 2.05) is 6.92 Å². The molecule has 0 radical (unpaired) electrons. The van der Waals surface area contributed by atoms with Gasteiger partial charge in [-0.15, -0.1) is 0 Å². The van der Waals surface area contributed by atoms with Gasteiger partial charge >= 0.3 is 5.97 Å². The number of carbonyl (C=O) groups is 2. The van der Waals surface area contributed by atoms with Gasteiger partial charge in [0.1, 0.15) is 6.29 Å². The van der Waals surface area contributed by atoms with E-state index in [-0.39, 0.29) is 6.42 Å². The molecule has 0 atom stereocenters. The molecule has 1 rings (SSSR count). The lowest BCUT2D eigenvalue weighted by molar-refractivity contribution is -0.136. The summed E-state index contributed by atoms with van der Waals surface area (Å²) in [4.78, 5) is 21.0. The van der Waals surface area contributed by atoms with E-state index in [1.165, 1.54) is 0 Å². The molecular weight excluding hydrogens is 168 g/mol. The third kappa shape index (κ3) is 2.40. The molecule has 68 valence electrons. The number of rotatable bonds is 3. The van der Waals surface area contributed by atoms with Crippen LogP contribution in [-0.2, 0) is 11.2 Å². The number of carboxylic acid groups (broad SMARTS) is 1. The van der Waals surface area contributed by atoms with Crippen LogP contribution in [0.3, 0.4) is 0 Å². The van der Waals surface area contributed by atoms with Gasteiger partial charge in [0.2, 0.25) is 0 Å². The minimum Gasteiger partial charge on any atom is -0.481 e. The summed E-state index contributed by atoms with van der Waals surface area (Å²) in [5.74, 6) is -0.924. The predicted molar refractivity (Wildman–Crippen MR) is 47.9 cm³/mol. The van der Waals surface area contributed by atoms with Crippen molar-refractivity contribution in [3.8, 4) is 0 Å². The molecule has 1 aromatic rings. The molecule has 0 spiro atoms. The average Bonchev–Trinajstić information content (AvgIpc) is 2.07. The molecule has 1 aromatic carbocycles. The highest BCUT2D eigenvalue weighted by Crippen LogP contribution is 2.10. The van der Waals surface area contributed by atoms with Crippen molar-refractivity contribution in [1.82, 2.24) is 0 Å². The quantitative estimate of drug-likeness (QED) is 0.712. The number of aldehydes is 1. The Bertz CT molecular complexity index is 342. The summed E-state index contributed by atoms with van der Waals surface area (Å²) in [6.07, 6.45) is 0.583. The summed E-state index contributed by atoms with van der Waals surface area (Å²) < 4.78 is 0. The molecule has 0 fully saturated rings. The Morgan fingerprint density at radius 3 is 2.77 bits per heavy atom. The maximum Gasteiger partial charge on any atom is 0.307 e.